The Balaban J connectivity index is 3.70. The average molecular weight is 172 g/mol. The number of carbonyl (C=O) groups is 1. The number of rotatable bonds is 6. The fourth-order valence-electron chi connectivity index (χ4n) is 0.457. The minimum Gasteiger partial charge on any atom is -0.311 e. The Morgan fingerprint density at radius 2 is 2.55 bits per heavy atom. The Morgan fingerprint density at radius 1 is 1.82 bits per heavy atom. The van der Waals surface area contributed by atoms with Crippen LogP contribution in [0.4, 0.5) is 0 Å². The minimum atomic E-state index is 0.347. The molecule has 4 heteroatoms. The molecule has 11 heavy (non-hydrogen) atoms. The summed E-state index contributed by atoms with van der Waals surface area (Å²) in [4.78, 5) is 13.7. The van der Waals surface area contributed by atoms with Crippen molar-refractivity contribution in [2.45, 2.75) is 6.42 Å². The fraction of sp³-hybridized carbons (Fsp3) is 0.429. The van der Waals surface area contributed by atoms with Crippen LogP contribution in [-0.2, 0) is 4.79 Å². The van der Waals surface area contributed by atoms with E-state index in [1.807, 2.05) is 12.5 Å². The highest BCUT2D eigenvalue weighted by molar-refractivity contribution is 8.02. The molecule has 0 radical (unpaired) electrons. The molecule has 0 aliphatic rings. The largest absolute Gasteiger partial charge is 0.311 e. The second-order valence-corrected chi connectivity index (χ2v) is 2.66. The Bertz CT molecular complexity index is 157. The van der Waals surface area contributed by atoms with Gasteiger partial charge >= 0.3 is 0 Å². The van der Waals surface area contributed by atoms with E-state index in [4.69, 9.17) is 0 Å². The third-order valence-corrected chi connectivity index (χ3v) is 1.84. The van der Waals surface area contributed by atoms with Crippen LogP contribution in [0.1, 0.15) is 6.42 Å². The van der Waals surface area contributed by atoms with E-state index in [0.717, 1.165) is 17.9 Å². The smallest absolute Gasteiger partial charge is 0.125 e. The van der Waals surface area contributed by atoms with Crippen molar-refractivity contribution in [1.82, 2.24) is 5.32 Å². The number of aldehydes is 1. The molecule has 0 spiro atoms. The quantitative estimate of drug-likeness (QED) is 0.281. The first kappa shape index (κ1) is 10.4. The molecule has 0 unspecified atom stereocenters. The predicted octanol–water partition coefficient (Wildman–Crippen LogP) is 1.03. The van der Waals surface area contributed by atoms with Crippen LogP contribution in [0.2, 0.25) is 0 Å². The van der Waals surface area contributed by atoms with Crippen LogP contribution < -0.4 is 5.32 Å². The van der Waals surface area contributed by atoms with Gasteiger partial charge in [0, 0.05) is 12.3 Å². The first-order valence-electron chi connectivity index (χ1n) is 3.20. The molecule has 0 amide bonds. The van der Waals surface area contributed by atoms with Gasteiger partial charge in [-0.1, -0.05) is 0 Å². The Morgan fingerprint density at radius 3 is 3.00 bits per heavy atom. The van der Waals surface area contributed by atoms with Gasteiger partial charge in [-0.3, -0.25) is 4.99 Å². The Labute approximate surface area is 71.0 Å². The van der Waals surface area contributed by atoms with Gasteiger partial charge in [-0.15, -0.1) is 11.8 Å². The molecule has 0 saturated carbocycles. The molecule has 1 N–H and O–H groups in total. The summed E-state index contributed by atoms with van der Waals surface area (Å²) < 4.78 is 0. The maximum Gasteiger partial charge on any atom is 0.125 e. The van der Waals surface area contributed by atoms with Crippen LogP contribution in [0.3, 0.4) is 0 Å². The van der Waals surface area contributed by atoms with Gasteiger partial charge in [0.2, 0.25) is 0 Å². The SMILES string of the molecule is C=N/C(=C\SCNC)CC=O. The van der Waals surface area contributed by atoms with E-state index in [2.05, 4.69) is 17.0 Å². The molecular weight excluding hydrogens is 160 g/mol. The zero-order valence-corrected chi connectivity index (χ0v) is 7.36. The first-order valence-corrected chi connectivity index (χ1v) is 4.25. The van der Waals surface area contributed by atoms with E-state index >= 15 is 0 Å². The molecule has 0 aromatic carbocycles. The van der Waals surface area contributed by atoms with Gasteiger partial charge in [0.05, 0.1) is 5.70 Å². The molecular formula is C7H12N2OS. The van der Waals surface area contributed by atoms with Crippen LogP contribution in [0.5, 0.6) is 0 Å². The molecule has 3 nitrogen and oxygen atoms in total. The number of thioether (sulfide) groups is 1. The molecule has 0 fully saturated rings. The van der Waals surface area contributed by atoms with Crippen molar-refractivity contribution in [3.05, 3.63) is 11.1 Å². The molecule has 0 saturated heterocycles. The van der Waals surface area contributed by atoms with Crippen LogP contribution in [0.15, 0.2) is 16.1 Å². The van der Waals surface area contributed by atoms with Crippen molar-refractivity contribution in [3.8, 4) is 0 Å². The van der Waals surface area contributed by atoms with Gasteiger partial charge < -0.3 is 10.1 Å². The second-order valence-electron chi connectivity index (χ2n) is 1.80. The lowest BCUT2D eigenvalue weighted by Gasteiger charge is -1.94. The zero-order valence-electron chi connectivity index (χ0n) is 6.54. The third-order valence-electron chi connectivity index (χ3n) is 0.943. The molecule has 0 aromatic rings. The van der Waals surface area contributed by atoms with E-state index in [9.17, 15) is 4.79 Å². The Kier molecular flexibility index (Phi) is 7.08. The fourth-order valence-corrected chi connectivity index (χ4v) is 1.07. The summed E-state index contributed by atoms with van der Waals surface area (Å²) in [6.07, 6.45) is 1.17. The maximum atomic E-state index is 10.1. The highest BCUT2D eigenvalue weighted by Crippen LogP contribution is 2.08. The zero-order chi connectivity index (χ0) is 8.53. The average Bonchev–Trinajstić information content (AvgIpc) is 2.03. The number of hydrogen-bond acceptors (Lipinski definition) is 4. The summed E-state index contributed by atoms with van der Waals surface area (Å²) in [5.41, 5.74) is 0.722. The molecule has 62 valence electrons. The highest BCUT2D eigenvalue weighted by Gasteiger charge is 1.89. The van der Waals surface area contributed by atoms with Crippen molar-refractivity contribution < 1.29 is 4.79 Å². The van der Waals surface area contributed by atoms with Gasteiger partial charge in [-0.25, -0.2) is 0 Å². The van der Waals surface area contributed by atoms with Crippen molar-refractivity contribution in [2.24, 2.45) is 4.99 Å². The van der Waals surface area contributed by atoms with Crippen molar-refractivity contribution in [1.29, 1.82) is 0 Å². The van der Waals surface area contributed by atoms with Gasteiger partial charge in [0.15, 0.2) is 0 Å². The highest BCUT2D eigenvalue weighted by atomic mass is 32.2. The van der Waals surface area contributed by atoms with E-state index in [0.29, 0.717) is 6.42 Å². The third kappa shape index (κ3) is 5.82. The molecule has 0 rings (SSSR count). The number of allylic oxidation sites excluding steroid dienone is 1. The van der Waals surface area contributed by atoms with E-state index in [1.54, 1.807) is 11.8 Å². The molecule has 0 aliphatic carbocycles. The molecule has 0 aromatic heterocycles. The summed E-state index contributed by atoms with van der Waals surface area (Å²) in [7, 11) is 1.86. The lowest BCUT2D eigenvalue weighted by Crippen LogP contribution is -2.01. The van der Waals surface area contributed by atoms with Crippen molar-refractivity contribution in [2.75, 3.05) is 12.9 Å². The monoisotopic (exact) mass is 172 g/mol. The van der Waals surface area contributed by atoms with E-state index < -0.39 is 0 Å². The van der Waals surface area contributed by atoms with E-state index in [1.165, 1.54) is 0 Å². The summed E-state index contributed by atoms with van der Waals surface area (Å²) in [6.45, 7) is 3.35. The Hall–Kier alpha value is -0.610. The molecule has 0 bridgehead atoms. The molecule has 0 heterocycles. The number of nitrogens with zero attached hydrogens (tertiary/aromatic N) is 1. The summed E-state index contributed by atoms with van der Waals surface area (Å²) in [5, 5.41) is 4.79. The lowest BCUT2D eigenvalue weighted by molar-refractivity contribution is -0.107. The lowest BCUT2D eigenvalue weighted by atomic mass is 10.4. The van der Waals surface area contributed by atoms with Gasteiger partial charge in [-0.2, -0.15) is 0 Å². The second kappa shape index (κ2) is 7.50. The van der Waals surface area contributed by atoms with Crippen molar-refractivity contribution in [3.63, 3.8) is 0 Å². The maximum absolute atomic E-state index is 10.1. The summed E-state index contributed by atoms with van der Waals surface area (Å²) in [5.74, 6) is 0.817. The van der Waals surface area contributed by atoms with Crippen molar-refractivity contribution >= 4 is 24.8 Å². The first-order chi connectivity index (χ1) is 5.35. The number of aliphatic imine (C=N–C) groups is 1. The summed E-state index contributed by atoms with van der Waals surface area (Å²) in [6, 6.07) is 0. The van der Waals surface area contributed by atoms with Crippen LogP contribution in [0, 0.1) is 0 Å². The predicted molar refractivity (Wildman–Crippen MR) is 49.8 cm³/mol. The van der Waals surface area contributed by atoms with Crippen LogP contribution >= 0.6 is 11.8 Å². The number of carbonyl (C=O) groups excluding carboxylic acids is 1. The summed E-state index contributed by atoms with van der Waals surface area (Å²) >= 11 is 1.56. The van der Waals surface area contributed by atoms with Crippen LogP contribution in [-0.4, -0.2) is 25.9 Å². The normalized spacial score (nSPS) is 11.2. The van der Waals surface area contributed by atoms with Gasteiger partial charge in [-0.05, 0) is 19.2 Å². The topological polar surface area (TPSA) is 41.5 Å². The minimum absolute atomic E-state index is 0.347. The number of hydrogen-bond donors (Lipinski definition) is 1. The number of nitrogens with one attached hydrogen (secondary N) is 1. The standard InChI is InChI=1S/C7H12N2OS/c1-8-6-11-5-7(9-2)3-4-10/h4-5,8H,2-3,6H2,1H3/b7-5-. The van der Waals surface area contributed by atoms with Gasteiger partial charge in [0.25, 0.3) is 0 Å². The molecule has 0 atom stereocenters. The van der Waals surface area contributed by atoms with Crippen LogP contribution in [0.25, 0.3) is 0 Å². The molecule has 0 aliphatic heterocycles. The van der Waals surface area contributed by atoms with E-state index in [-0.39, 0.29) is 0 Å². The van der Waals surface area contributed by atoms with Gasteiger partial charge in [0.1, 0.15) is 6.29 Å².